The molecule has 64 valence electrons. The number of rotatable bonds is 1. The first-order chi connectivity index (χ1) is 5.52. The minimum Gasteiger partial charge on any atom is -0.477 e. The molecule has 12 heavy (non-hydrogen) atoms. The summed E-state index contributed by atoms with van der Waals surface area (Å²) >= 11 is 5.25. The summed E-state index contributed by atoms with van der Waals surface area (Å²) in [5.41, 5.74) is -0.987. The molecule has 0 radical (unpaired) electrons. The van der Waals surface area contributed by atoms with E-state index >= 15 is 0 Å². The number of halogens is 3. The number of carboxylic acid groups (broad SMARTS) is 1. The summed E-state index contributed by atoms with van der Waals surface area (Å²) < 4.78 is 25.3. The Morgan fingerprint density at radius 3 is 2.08 bits per heavy atom. The first-order valence-electron chi connectivity index (χ1n) is 2.90. The van der Waals surface area contributed by atoms with Crippen LogP contribution in [0.25, 0.3) is 0 Å². The van der Waals surface area contributed by atoms with Crippen molar-refractivity contribution in [3.63, 3.8) is 0 Å². The average Bonchev–Trinajstić information content (AvgIpc) is 1.82. The fraction of sp³-hybridized carbons (Fsp3) is 0. The molecule has 0 aliphatic carbocycles. The Kier molecular flexibility index (Phi) is 2.28. The number of carbonyl (C=O) groups is 1. The van der Waals surface area contributed by atoms with Crippen LogP contribution in [0.2, 0.25) is 5.02 Å². The zero-order valence-corrected chi connectivity index (χ0v) is 6.40. The Morgan fingerprint density at radius 2 is 1.75 bits per heavy atom. The monoisotopic (exact) mass is 192 g/mol. The molecule has 0 bridgehead atoms. The molecule has 1 aromatic rings. The molecule has 0 unspecified atom stereocenters. The van der Waals surface area contributed by atoms with E-state index in [2.05, 4.69) is 0 Å². The van der Waals surface area contributed by atoms with Gasteiger partial charge in [0.1, 0.15) is 17.2 Å². The fourth-order valence-corrected chi connectivity index (χ4v) is 0.938. The molecule has 0 heterocycles. The van der Waals surface area contributed by atoms with Crippen LogP contribution in [0.3, 0.4) is 0 Å². The maximum atomic E-state index is 12.7. The number of carboxylic acids is 1. The van der Waals surface area contributed by atoms with E-state index in [1.165, 1.54) is 0 Å². The summed E-state index contributed by atoms with van der Waals surface area (Å²) in [4.78, 5) is 10.2. The van der Waals surface area contributed by atoms with E-state index in [0.717, 1.165) is 12.1 Å². The van der Waals surface area contributed by atoms with E-state index in [9.17, 15) is 13.6 Å². The van der Waals surface area contributed by atoms with Crippen LogP contribution in [-0.4, -0.2) is 11.1 Å². The molecule has 0 aliphatic heterocycles. The summed E-state index contributed by atoms with van der Waals surface area (Å²) in [6, 6.07) is 1.49. The van der Waals surface area contributed by atoms with E-state index in [-0.39, 0.29) is 5.02 Å². The second-order valence-electron chi connectivity index (χ2n) is 2.05. The fourth-order valence-electron chi connectivity index (χ4n) is 0.747. The lowest BCUT2D eigenvalue weighted by atomic mass is 10.2. The first-order valence-corrected chi connectivity index (χ1v) is 3.28. The molecule has 1 N–H and O–H groups in total. The van der Waals surface area contributed by atoms with Gasteiger partial charge in [0.15, 0.2) is 0 Å². The standard InChI is InChI=1S/C7H3ClF2O2/c8-3-1-4(9)6(7(11)12)5(10)2-3/h1-2H,(H,11,12). The van der Waals surface area contributed by atoms with Gasteiger partial charge in [-0.2, -0.15) is 0 Å². The minimum absolute atomic E-state index is 0.171. The maximum absolute atomic E-state index is 12.7. The lowest BCUT2D eigenvalue weighted by Gasteiger charge is -1.98. The van der Waals surface area contributed by atoms with Crippen molar-refractivity contribution < 1.29 is 18.7 Å². The van der Waals surface area contributed by atoms with Crippen LogP contribution in [0.5, 0.6) is 0 Å². The highest BCUT2D eigenvalue weighted by molar-refractivity contribution is 6.30. The molecule has 0 aliphatic rings. The maximum Gasteiger partial charge on any atom is 0.341 e. The van der Waals surface area contributed by atoms with Crippen LogP contribution < -0.4 is 0 Å². The third-order valence-electron chi connectivity index (χ3n) is 1.22. The zero-order chi connectivity index (χ0) is 9.30. The third-order valence-corrected chi connectivity index (χ3v) is 1.44. The molecule has 0 atom stereocenters. The predicted molar refractivity (Wildman–Crippen MR) is 38.3 cm³/mol. The highest BCUT2D eigenvalue weighted by Gasteiger charge is 2.16. The Labute approximate surface area is 71.4 Å². The predicted octanol–water partition coefficient (Wildman–Crippen LogP) is 2.32. The normalized spacial score (nSPS) is 9.92. The highest BCUT2D eigenvalue weighted by atomic mass is 35.5. The van der Waals surface area contributed by atoms with Gasteiger partial charge in [-0.05, 0) is 12.1 Å². The Morgan fingerprint density at radius 1 is 1.33 bits per heavy atom. The van der Waals surface area contributed by atoms with Gasteiger partial charge >= 0.3 is 5.97 Å². The first kappa shape index (κ1) is 8.93. The van der Waals surface area contributed by atoms with Crippen molar-refractivity contribution in [2.45, 2.75) is 0 Å². The van der Waals surface area contributed by atoms with E-state index in [1.807, 2.05) is 0 Å². The lowest BCUT2D eigenvalue weighted by molar-refractivity contribution is 0.0686. The number of aromatic carboxylic acids is 1. The van der Waals surface area contributed by atoms with Crippen LogP contribution in [0.4, 0.5) is 8.78 Å². The van der Waals surface area contributed by atoms with E-state index < -0.39 is 23.2 Å². The highest BCUT2D eigenvalue weighted by Crippen LogP contribution is 2.18. The molecule has 2 nitrogen and oxygen atoms in total. The van der Waals surface area contributed by atoms with Gasteiger partial charge in [0, 0.05) is 5.02 Å². The van der Waals surface area contributed by atoms with Crippen molar-refractivity contribution in [3.8, 4) is 0 Å². The van der Waals surface area contributed by atoms with Crippen molar-refractivity contribution in [1.29, 1.82) is 0 Å². The summed E-state index contributed by atoms with van der Waals surface area (Å²) in [5, 5.41) is 8.14. The van der Waals surface area contributed by atoms with E-state index in [0.29, 0.717) is 0 Å². The smallest absolute Gasteiger partial charge is 0.341 e. The van der Waals surface area contributed by atoms with E-state index in [1.54, 1.807) is 0 Å². The molecule has 5 heteroatoms. The average molecular weight is 193 g/mol. The zero-order valence-electron chi connectivity index (χ0n) is 5.64. The summed E-state index contributed by atoms with van der Waals surface area (Å²) in [6.45, 7) is 0. The van der Waals surface area contributed by atoms with Gasteiger partial charge < -0.3 is 5.11 Å². The topological polar surface area (TPSA) is 37.3 Å². The third kappa shape index (κ3) is 1.53. The molecule has 1 rings (SSSR count). The SMILES string of the molecule is O=C(O)c1c(F)cc(Cl)cc1F. The van der Waals surface area contributed by atoms with Gasteiger partial charge in [-0.1, -0.05) is 11.6 Å². The summed E-state index contributed by atoms with van der Waals surface area (Å²) in [6.07, 6.45) is 0. The van der Waals surface area contributed by atoms with Crippen molar-refractivity contribution >= 4 is 17.6 Å². The lowest BCUT2D eigenvalue weighted by Crippen LogP contribution is -2.04. The number of hydrogen-bond donors (Lipinski definition) is 1. The van der Waals surface area contributed by atoms with Crippen LogP contribution in [-0.2, 0) is 0 Å². The summed E-state index contributed by atoms with van der Waals surface area (Å²) in [5.74, 6) is -4.00. The van der Waals surface area contributed by atoms with Gasteiger partial charge in [-0.15, -0.1) is 0 Å². The molecule has 0 spiro atoms. The van der Waals surface area contributed by atoms with Crippen LogP contribution in [0, 0.1) is 11.6 Å². The van der Waals surface area contributed by atoms with Crippen molar-refractivity contribution in [1.82, 2.24) is 0 Å². The van der Waals surface area contributed by atoms with E-state index in [4.69, 9.17) is 16.7 Å². The molecule has 0 amide bonds. The van der Waals surface area contributed by atoms with Gasteiger partial charge in [-0.25, -0.2) is 13.6 Å². The Balaban J connectivity index is 3.38. The second-order valence-corrected chi connectivity index (χ2v) is 2.49. The van der Waals surface area contributed by atoms with Crippen molar-refractivity contribution in [2.75, 3.05) is 0 Å². The Bertz CT molecular complexity index is 315. The second kappa shape index (κ2) is 3.06. The number of hydrogen-bond acceptors (Lipinski definition) is 1. The van der Waals surface area contributed by atoms with Gasteiger partial charge in [0.2, 0.25) is 0 Å². The molecule has 0 fully saturated rings. The summed E-state index contributed by atoms with van der Waals surface area (Å²) in [7, 11) is 0. The van der Waals surface area contributed by atoms with Gasteiger partial charge in [0.05, 0.1) is 0 Å². The minimum atomic E-state index is -1.65. The van der Waals surface area contributed by atoms with Gasteiger partial charge in [-0.3, -0.25) is 0 Å². The molecule has 1 aromatic carbocycles. The molecule has 0 saturated heterocycles. The van der Waals surface area contributed by atoms with Crippen molar-refractivity contribution in [3.05, 3.63) is 34.4 Å². The molecule has 0 aromatic heterocycles. The largest absolute Gasteiger partial charge is 0.477 e. The number of benzene rings is 1. The van der Waals surface area contributed by atoms with Gasteiger partial charge in [0.25, 0.3) is 0 Å². The van der Waals surface area contributed by atoms with Crippen LogP contribution >= 0.6 is 11.6 Å². The van der Waals surface area contributed by atoms with Crippen LogP contribution in [0.15, 0.2) is 12.1 Å². The molecular formula is C7H3ClF2O2. The molecule has 0 saturated carbocycles. The molecular weight excluding hydrogens is 190 g/mol. The van der Waals surface area contributed by atoms with Crippen molar-refractivity contribution in [2.24, 2.45) is 0 Å². The quantitative estimate of drug-likeness (QED) is 0.742. The Hall–Kier alpha value is -1.16. The van der Waals surface area contributed by atoms with Crippen LogP contribution in [0.1, 0.15) is 10.4 Å².